The number of aromatic nitrogens is 4. The number of amides is 1. The summed E-state index contributed by atoms with van der Waals surface area (Å²) >= 11 is 1.69. The zero-order valence-electron chi connectivity index (χ0n) is 16.2. The van der Waals surface area contributed by atoms with E-state index < -0.39 is 0 Å². The number of fused-ring (bicyclic) bond motifs is 3. The number of nitrogens with zero attached hydrogens (tertiary/aromatic N) is 3. The number of carbonyl (C=O) groups excluding carboxylic acids is 1. The minimum absolute atomic E-state index is 0.227. The Kier molecular flexibility index (Phi) is 4.00. The number of hydrogen-bond acceptors (Lipinski definition) is 5. The summed E-state index contributed by atoms with van der Waals surface area (Å²) in [5.41, 5.74) is 3.19. The molecular weight excluding hydrogens is 406 g/mol. The number of para-hydroxylation sites is 1. The first-order valence-electron chi connectivity index (χ1n) is 9.73. The van der Waals surface area contributed by atoms with Crippen LogP contribution in [0, 0.1) is 0 Å². The summed E-state index contributed by atoms with van der Waals surface area (Å²) in [5, 5.41) is 13.1. The Bertz CT molecular complexity index is 1560. The Labute approximate surface area is 180 Å². The number of thiophene rings is 1. The number of carbonyl (C=O) groups is 1. The molecule has 3 aromatic heterocycles. The molecule has 2 N–H and O–H groups in total. The lowest BCUT2D eigenvalue weighted by atomic mass is 10.0. The average Bonchev–Trinajstić information content (AvgIpc) is 3.45. The summed E-state index contributed by atoms with van der Waals surface area (Å²) in [6, 6.07) is 21.7. The average molecular weight is 421 g/mol. The third kappa shape index (κ3) is 3.03. The van der Waals surface area contributed by atoms with Crippen molar-refractivity contribution in [1.82, 2.24) is 20.2 Å². The van der Waals surface area contributed by atoms with Crippen LogP contribution in [0.3, 0.4) is 0 Å². The predicted octanol–water partition coefficient (Wildman–Crippen LogP) is 5.64. The van der Waals surface area contributed by atoms with Crippen molar-refractivity contribution in [3.8, 4) is 10.4 Å². The molecule has 0 aliphatic carbocycles. The van der Waals surface area contributed by atoms with Gasteiger partial charge in [-0.25, -0.2) is 9.97 Å². The molecule has 3 heterocycles. The molecular formula is C24H15N5OS. The zero-order valence-corrected chi connectivity index (χ0v) is 17.0. The van der Waals surface area contributed by atoms with Crippen molar-refractivity contribution in [1.29, 1.82) is 0 Å². The summed E-state index contributed by atoms with van der Waals surface area (Å²) < 4.78 is 1.20. The van der Waals surface area contributed by atoms with E-state index in [4.69, 9.17) is 0 Å². The van der Waals surface area contributed by atoms with Gasteiger partial charge in [0.15, 0.2) is 0 Å². The first-order chi connectivity index (χ1) is 15.3. The molecule has 148 valence electrons. The van der Waals surface area contributed by atoms with Crippen molar-refractivity contribution in [2.75, 3.05) is 5.32 Å². The van der Waals surface area contributed by atoms with Gasteiger partial charge in [-0.15, -0.1) is 11.3 Å². The number of H-pyrrole nitrogens is 1. The Balaban J connectivity index is 1.45. The minimum atomic E-state index is -0.227. The molecule has 0 spiro atoms. The van der Waals surface area contributed by atoms with Crippen molar-refractivity contribution in [3.05, 3.63) is 84.8 Å². The number of anilines is 1. The summed E-state index contributed by atoms with van der Waals surface area (Å²) in [6.07, 6.45) is 3.20. The molecule has 3 aromatic carbocycles. The second-order valence-corrected chi connectivity index (χ2v) is 8.28. The molecule has 0 atom stereocenters. The van der Waals surface area contributed by atoms with E-state index in [0.29, 0.717) is 11.4 Å². The van der Waals surface area contributed by atoms with Crippen molar-refractivity contribution in [2.24, 2.45) is 0 Å². The predicted molar refractivity (Wildman–Crippen MR) is 124 cm³/mol. The standard InChI is InChI=1S/C24H15N5OS/c30-24(28-23-17-6-2-3-7-19(17)25-13-26-23)15-9-16-12-27-29-22(16)18(10-15)21-11-14-5-1-4-8-20(14)31-21/h1-13H,(H,27,29)(H,25,26,28,30). The highest BCUT2D eigenvalue weighted by Crippen LogP contribution is 2.37. The number of hydrogen-bond donors (Lipinski definition) is 2. The fourth-order valence-electron chi connectivity index (χ4n) is 3.78. The molecule has 7 heteroatoms. The van der Waals surface area contributed by atoms with Crippen LogP contribution in [-0.4, -0.2) is 26.1 Å². The van der Waals surface area contributed by atoms with E-state index in [0.717, 1.165) is 32.2 Å². The summed E-state index contributed by atoms with van der Waals surface area (Å²) in [7, 11) is 0. The second-order valence-electron chi connectivity index (χ2n) is 7.20. The van der Waals surface area contributed by atoms with Crippen molar-refractivity contribution in [3.63, 3.8) is 0 Å². The summed E-state index contributed by atoms with van der Waals surface area (Å²) in [4.78, 5) is 22.8. The Morgan fingerprint density at radius 3 is 2.74 bits per heavy atom. The van der Waals surface area contributed by atoms with Crippen LogP contribution in [0.1, 0.15) is 10.4 Å². The van der Waals surface area contributed by atoms with E-state index in [2.05, 4.69) is 43.7 Å². The number of aromatic amines is 1. The van der Waals surface area contributed by atoms with E-state index in [1.54, 1.807) is 17.5 Å². The van der Waals surface area contributed by atoms with Crippen molar-refractivity contribution in [2.45, 2.75) is 0 Å². The summed E-state index contributed by atoms with van der Waals surface area (Å²) in [6.45, 7) is 0. The lowest BCUT2D eigenvalue weighted by Gasteiger charge is -2.09. The first-order valence-corrected chi connectivity index (χ1v) is 10.5. The zero-order chi connectivity index (χ0) is 20.8. The van der Waals surface area contributed by atoms with Crippen LogP contribution < -0.4 is 5.32 Å². The lowest BCUT2D eigenvalue weighted by Crippen LogP contribution is -2.13. The fourth-order valence-corrected chi connectivity index (χ4v) is 4.87. The molecule has 0 saturated heterocycles. The molecule has 31 heavy (non-hydrogen) atoms. The summed E-state index contributed by atoms with van der Waals surface area (Å²) in [5.74, 6) is 0.264. The van der Waals surface area contributed by atoms with Gasteiger partial charge in [0, 0.05) is 31.5 Å². The van der Waals surface area contributed by atoms with E-state index in [9.17, 15) is 4.79 Å². The largest absolute Gasteiger partial charge is 0.306 e. The van der Waals surface area contributed by atoms with Crippen molar-refractivity contribution >= 4 is 55.0 Å². The third-order valence-electron chi connectivity index (χ3n) is 5.28. The van der Waals surface area contributed by atoms with Gasteiger partial charge in [-0.2, -0.15) is 5.10 Å². The molecule has 0 aliphatic heterocycles. The van der Waals surface area contributed by atoms with Crippen LogP contribution >= 0.6 is 11.3 Å². The number of nitrogens with one attached hydrogen (secondary N) is 2. The fraction of sp³-hybridized carbons (Fsp3) is 0. The Morgan fingerprint density at radius 2 is 1.81 bits per heavy atom. The molecule has 0 radical (unpaired) electrons. The first kappa shape index (κ1) is 17.7. The van der Waals surface area contributed by atoms with E-state index >= 15 is 0 Å². The molecule has 6 nitrogen and oxygen atoms in total. The van der Waals surface area contributed by atoms with Gasteiger partial charge in [-0.3, -0.25) is 9.89 Å². The van der Waals surface area contributed by atoms with Gasteiger partial charge >= 0.3 is 0 Å². The smallest absolute Gasteiger partial charge is 0.256 e. The Morgan fingerprint density at radius 1 is 0.935 bits per heavy atom. The molecule has 1 amide bonds. The SMILES string of the molecule is O=C(Nc1ncnc2ccccc12)c1cc(-c2cc3ccccc3s2)c2[nH]ncc2c1. The molecule has 6 aromatic rings. The van der Waals surface area contributed by atoms with Crippen LogP contribution in [0.4, 0.5) is 5.82 Å². The maximum atomic E-state index is 13.2. The maximum Gasteiger partial charge on any atom is 0.256 e. The lowest BCUT2D eigenvalue weighted by molar-refractivity contribution is 0.102. The normalized spacial score (nSPS) is 11.4. The number of benzene rings is 3. The van der Waals surface area contributed by atoms with Gasteiger partial charge < -0.3 is 5.32 Å². The van der Waals surface area contributed by atoms with Gasteiger partial charge in [-0.05, 0) is 41.8 Å². The van der Waals surface area contributed by atoms with Gasteiger partial charge in [0.1, 0.15) is 12.1 Å². The van der Waals surface area contributed by atoms with E-state index in [-0.39, 0.29) is 5.91 Å². The van der Waals surface area contributed by atoms with Gasteiger partial charge in [0.25, 0.3) is 5.91 Å². The van der Waals surface area contributed by atoms with E-state index in [1.807, 2.05) is 48.5 Å². The highest BCUT2D eigenvalue weighted by Gasteiger charge is 2.16. The molecule has 6 rings (SSSR count). The van der Waals surface area contributed by atoms with Gasteiger partial charge in [0.2, 0.25) is 0 Å². The van der Waals surface area contributed by atoms with Crippen molar-refractivity contribution < 1.29 is 4.79 Å². The monoisotopic (exact) mass is 421 g/mol. The van der Waals surface area contributed by atoms with Crippen LogP contribution in [-0.2, 0) is 0 Å². The van der Waals surface area contributed by atoms with Gasteiger partial charge in [0.05, 0.1) is 17.2 Å². The molecule has 0 bridgehead atoms. The van der Waals surface area contributed by atoms with Crippen LogP contribution in [0.25, 0.3) is 42.3 Å². The van der Waals surface area contributed by atoms with E-state index in [1.165, 1.54) is 16.4 Å². The van der Waals surface area contributed by atoms with Crippen LogP contribution in [0.5, 0.6) is 0 Å². The van der Waals surface area contributed by atoms with Crippen LogP contribution in [0.15, 0.2) is 79.3 Å². The number of rotatable bonds is 3. The minimum Gasteiger partial charge on any atom is -0.306 e. The second kappa shape index (κ2) is 7.00. The molecule has 0 fully saturated rings. The maximum absolute atomic E-state index is 13.2. The molecule has 0 saturated carbocycles. The molecule has 0 unspecified atom stereocenters. The highest BCUT2D eigenvalue weighted by molar-refractivity contribution is 7.22. The van der Waals surface area contributed by atoms with Crippen LogP contribution in [0.2, 0.25) is 0 Å². The third-order valence-corrected chi connectivity index (χ3v) is 6.43. The topological polar surface area (TPSA) is 83.6 Å². The van der Waals surface area contributed by atoms with Gasteiger partial charge in [-0.1, -0.05) is 30.3 Å². The quantitative estimate of drug-likeness (QED) is 0.387. The molecule has 0 aliphatic rings. The Hall–Kier alpha value is -4.10. The highest BCUT2D eigenvalue weighted by atomic mass is 32.1.